The summed E-state index contributed by atoms with van der Waals surface area (Å²) in [6.07, 6.45) is -17.5. The quantitative estimate of drug-likeness (QED) is 0.644. The number of rotatable bonds is 6. The minimum Gasteiger partial charge on any atom is -0.383 e. The van der Waals surface area contributed by atoms with E-state index in [1.54, 1.807) is 0 Å². The Kier molecular flexibility index (Phi) is 5.77. The summed E-state index contributed by atoms with van der Waals surface area (Å²) in [5, 5.41) is 8.93. The van der Waals surface area contributed by atoms with Crippen molar-refractivity contribution in [1.29, 1.82) is 0 Å². The predicted molar refractivity (Wildman–Crippen MR) is 52.1 cm³/mol. The van der Waals surface area contributed by atoms with Crippen molar-refractivity contribution < 1.29 is 71.4 Å². The molecule has 0 saturated carbocycles. The number of hydrogen-bond acceptors (Lipinski definition) is 2. The van der Waals surface area contributed by atoms with Crippen LogP contribution in [0.2, 0.25) is 0 Å². The largest absolute Gasteiger partial charge is 0.460 e. The van der Waals surface area contributed by atoms with Gasteiger partial charge >= 0.3 is 36.0 Å². The summed E-state index contributed by atoms with van der Waals surface area (Å²) >= 11 is 0. The molecule has 26 heavy (non-hydrogen) atoms. The fourth-order valence-corrected chi connectivity index (χ4v) is 1.40. The first-order valence-corrected chi connectivity index (χ1v) is 5.78. The van der Waals surface area contributed by atoms with Crippen LogP contribution >= 0.6 is 0 Å². The Hall–Kier alpha value is -1.35. The van der Waals surface area contributed by atoms with Crippen LogP contribution in [0.1, 0.15) is 13.3 Å². The molecular formula is C10H6F14O2. The summed E-state index contributed by atoms with van der Waals surface area (Å²) in [4.78, 5) is 10.8. The van der Waals surface area contributed by atoms with Crippen LogP contribution in [0.5, 0.6) is 0 Å². The zero-order valence-electron chi connectivity index (χ0n) is 11.9. The third-order valence-corrected chi connectivity index (χ3v) is 3.03. The first kappa shape index (κ1) is 24.7. The predicted octanol–water partition coefficient (Wildman–Crippen LogP) is 4.36. The molecule has 0 radical (unpaired) electrons. The highest BCUT2D eigenvalue weighted by atomic mass is 19.4. The van der Waals surface area contributed by atoms with Crippen molar-refractivity contribution in [1.82, 2.24) is 0 Å². The highest BCUT2D eigenvalue weighted by Gasteiger charge is 2.80. The summed E-state index contributed by atoms with van der Waals surface area (Å²) in [6, 6.07) is 0. The normalized spacial score (nSPS) is 17.8. The maximum absolute atomic E-state index is 13.2. The van der Waals surface area contributed by atoms with Crippen molar-refractivity contribution in [2.45, 2.75) is 55.0 Å². The molecule has 0 heterocycles. The van der Waals surface area contributed by atoms with Crippen molar-refractivity contribution >= 4 is 5.78 Å². The van der Waals surface area contributed by atoms with E-state index >= 15 is 0 Å². The first-order valence-electron chi connectivity index (χ1n) is 5.78. The number of carbonyl (C=O) groups excluding carboxylic acids is 1. The van der Waals surface area contributed by atoms with Gasteiger partial charge in [0.15, 0.2) is 0 Å². The van der Waals surface area contributed by atoms with Crippen LogP contribution in [-0.4, -0.2) is 52.5 Å². The first-order chi connectivity index (χ1) is 10.9. The van der Waals surface area contributed by atoms with Gasteiger partial charge in [0.25, 0.3) is 0 Å². The van der Waals surface area contributed by atoms with Crippen LogP contribution in [0.15, 0.2) is 0 Å². The number of hydrogen-bond donors (Lipinski definition) is 1. The number of carbonyl (C=O) groups is 1. The molecule has 0 fully saturated rings. The average molecular weight is 424 g/mol. The van der Waals surface area contributed by atoms with E-state index in [1.165, 1.54) is 0 Å². The van der Waals surface area contributed by atoms with Gasteiger partial charge in [0.2, 0.25) is 5.78 Å². The lowest BCUT2D eigenvalue weighted by Gasteiger charge is -2.38. The fraction of sp³-hybridized carbons (Fsp3) is 0.900. The monoisotopic (exact) mass is 424 g/mol. The molecule has 0 spiro atoms. The lowest BCUT2D eigenvalue weighted by atomic mass is 9.85. The summed E-state index contributed by atoms with van der Waals surface area (Å²) in [5.41, 5.74) is -5.08. The molecule has 2 nitrogen and oxygen atoms in total. The Balaban J connectivity index is 5.94. The molecule has 0 aliphatic rings. The van der Waals surface area contributed by atoms with Gasteiger partial charge in [0, 0.05) is 6.42 Å². The van der Waals surface area contributed by atoms with E-state index in [2.05, 4.69) is 0 Å². The second kappa shape index (κ2) is 6.09. The standard InChI is InChI=1S/C10H6F14O2/c1-4(26,6(13,14)8(17,18)10(22,23)24)2-3(25)5(11,12)7(15,16)9(19,20)21/h26H,2H2,1H3. The number of ketones is 1. The van der Waals surface area contributed by atoms with Crippen molar-refractivity contribution in [3.63, 3.8) is 0 Å². The zero-order chi connectivity index (χ0) is 21.8. The number of halogens is 14. The molecule has 156 valence electrons. The van der Waals surface area contributed by atoms with Crippen LogP contribution < -0.4 is 0 Å². The molecular weight excluding hydrogens is 418 g/mol. The lowest BCUT2D eigenvalue weighted by Crippen LogP contribution is -2.65. The summed E-state index contributed by atoms with van der Waals surface area (Å²) < 4.78 is 174. The van der Waals surface area contributed by atoms with Crippen LogP contribution in [0.25, 0.3) is 0 Å². The minimum absolute atomic E-state index is 0.744. The molecule has 0 saturated heterocycles. The van der Waals surface area contributed by atoms with Crippen LogP contribution in [0.4, 0.5) is 61.5 Å². The Labute approximate surface area is 133 Å². The van der Waals surface area contributed by atoms with E-state index in [1.807, 2.05) is 0 Å². The average Bonchev–Trinajstić information content (AvgIpc) is 2.34. The van der Waals surface area contributed by atoms with E-state index in [0.29, 0.717) is 0 Å². The molecule has 0 rings (SSSR count). The minimum atomic E-state index is -7.19. The SMILES string of the molecule is CC(O)(CC(=O)C(F)(F)C(F)(F)C(F)(F)F)C(F)(F)C(F)(F)C(F)(F)F. The van der Waals surface area contributed by atoms with Gasteiger partial charge in [0.05, 0.1) is 0 Å². The van der Waals surface area contributed by atoms with Crippen LogP contribution in [0, 0.1) is 0 Å². The van der Waals surface area contributed by atoms with Gasteiger partial charge < -0.3 is 5.11 Å². The van der Waals surface area contributed by atoms with Gasteiger partial charge in [-0.05, 0) is 6.92 Å². The lowest BCUT2D eigenvalue weighted by molar-refractivity contribution is -0.386. The van der Waals surface area contributed by atoms with Crippen LogP contribution in [0.3, 0.4) is 0 Å². The smallest absolute Gasteiger partial charge is 0.383 e. The molecule has 0 aliphatic carbocycles. The van der Waals surface area contributed by atoms with Crippen molar-refractivity contribution in [2.75, 3.05) is 0 Å². The van der Waals surface area contributed by atoms with Gasteiger partial charge in [0.1, 0.15) is 5.60 Å². The highest BCUT2D eigenvalue weighted by Crippen LogP contribution is 2.53. The molecule has 1 unspecified atom stereocenters. The highest BCUT2D eigenvalue weighted by molar-refractivity contribution is 5.87. The third kappa shape index (κ3) is 3.55. The molecule has 16 heteroatoms. The van der Waals surface area contributed by atoms with E-state index < -0.39 is 60.8 Å². The Morgan fingerprint density at radius 1 is 0.654 bits per heavy atom. The summed E-state index contributed by atoms with van der Waals surface area (Å²) in [6.45, 7) is -0.744. The molecule has 0 bridgehead atoms. The Morgan fingerprint density at radius 2 is 0.962 bits per heavy atom. The van der Waals surface area contributed by atoms with E-state index in [9.17, 15) is 66.3 Å². The van der Waals surface area contributed by atoms with Gasteiger partial charge in [-0.2, -0.15) is 61.5 Å². The number of Topliss-reactive ketones (excluding diaryl/α,β-unsaturated/α-hetero) is 1. The van der Waals surface area contributed by atoms with Gasteiger partial charge in [-0.3, -0.25) is 4.79 Å². The third-order valence-electron chi connectivity index (χ3n) is 3.03. The van der Waals surface area contributed by atoms with Gasteiger partial charge in [-0.15, -0.1) is 0 Å². The second-order valence-corrected chi connectivity index (χ2v) is 5.17. The molecule has 0 aliphatic heterocycles. The summed E-state index contributed by atoms with van der Waals surface area (Å²) in [7, 11) is 0. The fourth-order valence-electron chi connectivity index (χ4n) is 1.40. The second-order valence-electron chi connectivity index (χ2n) is 5.17. The molecule has 1 atom stereocenters. The van der Waals surface area contributed by atoms with Crippen molar-refractivity contribution in [3.8, 4) is 0 Å². The van der Waals surface area contributed by atoms with E-state index in [0.717, 1.165) is 0 Å². The van der Waals surface area contributed by atoms with Crippen LogP contribution in [-0.2, 0) is 4.79 Å². The summed E-state index contributed by atoms with van der Waals surface area (Å²) in [5.74, 6) is -31.8. The number of aliphatic hydroxyl groups is 1. The zero-order valence-corrected chi connectivity index (χ0v) is 11.9. The maximum atomic E-state index is 13.2. The number of alkyl halides is 14. The topological polar surface area (TPSA) is 37.3 Å². The molecule has 0 aromatic heterocycles. The molecule has 0 aromatic carbocycles. The Morgan fingerprint density at radius 3 is 1.23 bits per heavy atom. The van der Waals surface area contributed by atoms with Gasteiger partial charge in [-0.25, -0.2) is 0 Å². The van der Waals surface area contributed by atoms with Gasteiger partial charge in [-0.1, -0.05) is 0 Å². The van der Waals surface area contributed by atoms with Crippen molar-refractivity contribution in [2.24, 2.45) is 0 Å². The molecule has 0 aromatic rings. The Bertz CT molecular complexity index is 541. The maximum Gasteiger partial charge on any atom is 0.460 e. The van der Waals surface area contributed by atoms with Crippen molar-refractivity contribution in [3.05, 3.63) is 0 Å². The molecule has 1 N–H and O–H groups in total. The van der Waals surface area contributed by atoms with E-state index in [-0.39, 0.29) is 0 Å². The molecule has 0 amide bonds. The van der Waals surface area contributed by atoms with E-state index in [4.69, 9.17) is 5.11 Å².